The van der Waals surface area contributed by atoms with Crippen molar-refractivity contribution in [3.8, 4) is 0 Å². The number of carbonyl (C=O) groups is 1. The first-order chi connectivity index (χ1) is 11.3. The Morgan fingerprint density at radius 3 is 2.96 bits per heavy atom. The van der Waals surface area contributed by atoms with E-state index in [9.17, 15) is 4.79 Å². The van der Waals surface area contributed by atoms with Crippen LogP contribution in [-0.2, 0) is 4.79 Å². The first-order valence-corrected chi connectivity index (χ1v) is 8.53. The first-order valence-electron chi connectivity index (χ1n) is 7.74. The molecule has 2 aromatic rings. The molecule has 4 N–H and O–H groups in total. The summed E-state index contributed by atoms with van der Waals surface area (Å²) in [7, 11) is 0. The van der Waals surface area contributed by atoms with Gasteiger partial charge in [0, 0.05) is 18.9 Å². The normalized spacial score (nSPS) is 22.2. The fourth-order valence-corrected chi connectivity index (χ4v) is 2.93. The first kappa shape index (κ1) is 16.7. The second-order valence-electron chi connectivity index (χ2n) is 6.16. The molecular weight excluding hydrogens is 374 g/mol. The number of aromatic nitrogens is 4. The predicted molar refractivity (Wildman–Crippen MR) is 95.1 cm³/mol. The third-order valence-corrected chi connectivity index (χ3v) is 4.91. The Morgan fingerprint density at radius 1 is 1.58 bits per heavy atom. The summed E-state index contributed by atoms with van der Waals surface area (Å²) in [5.41, 5.74) is 6.56. The Labute approximate surface area is 148 Å². The van der Waals surface area contributed by atoms with Gasteiger partial charge in [-0.1, -0.05) is 0 Å². The highest BCUT2D eigenvalue weighted by Gasteiger charge is 2.57. The van der Waals surface area contributed by atoms with Crippen LogP contribution in [-0.4, -0.2) is 32.2 Å². The molecule has 0 bridgehead atoms. The molecule has 0 radical (unpaired) electrons. The second-order valence-corrected chi connectivity index (χ2v) is 7.01. The summed E-state index contributed by atoms with van der Waals surface area (Å²) in [6.45, 7) is 6.53. The summed E-state index contributed by atoms with van der Waals surface area (Å²) in [5.74, 6) is 0.912. The number of nitrogens with one attached hydrogen (secondary N) is 2. The zero-order valence-corrected chi connectivity index (χ0v) is 15.4. The molecule has 0 aromatic carbocycles. The highest BCUT2D eigenvalue weighted by Crippen LogP contribution is 2.55. The van der Waals surface area contributed by atoms with Crippen molar-refractivity contribution in [1.29, 1.82) is 0 Å². The monoisotopic (exact) mass is 393 g/mol. The van der Waals surface area contributed by atoms with Gasteiger partial charge in [0.05, 0.1) is 27.3 Å². The summed E-state index contributed by atoms with van der Waals surface area (Å²) in [5, 5.41) is 10.8. The highest BCUT2D eigenvalue weighted by molar-refractivity contribution is 9.10. The van der Waals surface area contributed by atoms with Crippen molar-refractivity contribution >= 4 is 39.3 Å². The van der Waals surface area contributed by atoms with Crippen molar-refractivity contribution in [2.75, 3.05) is 17.2 Å². The Morgan fingerprint density at radius 2 is 2.33 bits per heavy atom. The maximum Gasteiger partial charge on any atom is 0.229 e. The zero-order valence-electron chi connectivity index (χ0n) is 13.8. The Hall–Kier alpha value is -2.16. The molecule has 3 rings (SSSR count). The van der Waals surface area contributed by atoms with Crippen molar-refractivity contribution in [2.24, 2.45) is 11.1 Å². The number of aryl methyl sites for hydroxylation is 1. The summed E-state index contributed by atoms with van der Waals surface area (Å²) in [6, 6.07) is 0.00686. The minimum absolute atomic E-state index is 0.00686. The summed E-state index contributed by atoms with van der Waals surface area (Å²) in [4.78, 5) is 20.2. The van der Waals surface area contributed by atoms with Gasteiger partial charge in [0.25, 0.3) is 0 Å². The Bertz CT molecular complexity index is 790. The van der Waals surface area contributed by atoms with Crippen LogP contribution >= 0.6 is 15.9 Å². The van der Waals surface area contributed by atoms with E-state index in [1.807, 2.05) is 27.0 Å². The van der Waals surface area contributed by atoms with Crippen LogP contribution in [0.3, 0.4) is 0 Å². The lowest BCUT2D eigenvalue weighted by Gasteiger charge is -2.08. The molecule has 0 aliphatic heterocycles. The molecule has 2 heterocycles. The Kier molecular flexibility index (Phi) is 4.20. The molecule has 1 amide bonds. The van der Waals surface area contributed by atoms with Gasteiger partial charge in [0.1, 0.15) is 5.82 Å². The molecule has 1 fully saturated rings. The van der Waals surface area contributed by atoms with Crippen molar-refractivity contribution in [2.45, 2.75) is 33.2 Å². The molecule has 8 nitrogen and oxygen atoms in total. The molecule has 24 heavy (non-hydrogen) atoms. The lowest BCUT2D eigenvalue weighted by atomic mass is 10.1. The summed E-state index contributed by atoms with van der Waals surface area (Å²) in [6.07, 6.45) is 4.27. The van der Waals surface area contributed by atoms with Crippen molar-refractivity contribution in [3.63, 3.8) is 0 Å². The third-order valence-electron chi connectivity index (χ3n) is 4.33. The van der Waals surface area contributed by atoms with Gasteiger partial charge in [-0.25, -0.2) is 4.98 Å². The van der Waals surface area contributed by atoms with Crippen LogP contribution in [0, 0.1) is 12.3 Å². The van der Waals surface area contributed by atoms with E-state index < -0.39 is 5.41 Å². The standard InChI is InChI=1S/C15H20BrN7O/c1-4-18-12-9(16)6-19-14(21-12)20-10-7-23(22-8(10)2)11-5-15(11,3)13(17)24/h6-7,11H,4-5H2,1-3H3,(H2,17,24)(H2,18,19,20,21)/t11-,15+/m0/s1. The molecule has 128 valence electrons. The van der Waals surface area contributed by atoms with Crippen molar-refractivity contribution in [3.05, 3.63) is 22.6 Å². The highest BCUT2D eigenvalue weighted by atomic mass is 79.9. The minimum atomic E-state index is -0.512. The largest absolute Gasteiger partial charge is 0.369 e. The molecule has 9 heteroatoms. The SMILES string of the molecule is CCNc1nc(Nc2cn([C@H]3C[C@@]3(C)C(N)=O)nc2C)ncc1Br. The van der Waals surface area contributed by atoms with Crippen molar-refractivity contribution < 1.29 is 4.79 Å². The van der Waals surface area contributed by atoms with Gasteiger partial charge in [-0.15, -0.1) is 0 Å². The van der Waals surface area contributed by atoms with E-state index in [-0.39, 0.29) is 11.9 Å². The zero-order chi connectivity index (χ0) is 17.5. The molecular formula is C15H20BrN7O. The van der Waals surface area contributed by atoms with Gasteiger partial charge in [-0.2, -0.15) is 10.1 Å². The average molecular weight is 394 g/mol. The molecule has 1 aliphatic carbocycles. The van der Waals surface area contributed by atoms with E-state index in [1.54, 1.807) is 10.9 Å². The fraction of sp³-hybridized carbons (Fsp3) is 0.467. The van der Waals surface area contributed by atoms with Crippen molar-refractivity contribution in [1.82, 2.24) is 19.7 Å². The van der Waals surface area contributed by atoms with Gasteiger partial charge >= 0.3 is 0 Å². The molecule has 1 aliphatic rings. The van der Waals surface area contributed by atoms with E-state index in [0.717, 1.165) is 28.2 Å². The molecule has 1 saturated carbocycles. The second kappa shape index (κ2) is 6.04. The van der Waals surface area contributed by atoms with Crippen LogP contribution in [0.1, 0.15) is 32.0 Å². The van der Waals surface area contributed by atoms with Gasteiger partial charge in [0.15, 0.2) is 0 Å². The quantitative estimate of drug-likeness (QED) is 0.694. The maximum absolute atomic E-state index is 11.5. The summed E-state index contributed by atoms with van der Waals surface area (Å²) >= 11 is 3.41. The smallest absolute Gasteiger partial charge is 0.229 e. The van der Waals surface area contributed by atoms with Gasteiger partial charge in [-0.05, 0) is 43.1 Å². The molecule has 0 saturated heterocycles. The van der Waals surface area contributed by atoms with Crippen LogP contribution < -0.4 is 16.4 Å². The number of nitrogens with two attached hydrogens (primary N) is 1. The molecule has 2 aromatic heterocycles. The number of rotatable bonds is 6. The number of carbonyl (C=O) groups excluding carboxylic acids is 1. The van der Waals surface area contributed by atoms with Crippen LogP contribution in [0.2, 0.25) is 0 Å². The van der Waals surface area contributed by atoms with E-state index in [1.165, 1.54) is 0 Å². The van der Waals surface area contributed by atoms with Gasteiger partial charge in [-0.3, -0.25) is 9.48 Å². The van der Waals surface area contributed by atoms with Crippen LogP contribution in [0.4, 0.5) is 17.5 Å². The van der Waals surface area contributed by atoms with E-state index in [2.05, 4.69) is 41.6 Å². The number of nitrogens with zero attached hydrogens (tertiary/aromatic N) is 4. The molecule has 0 spiro atoms. The summed E-state index contributed by atoms with van der Waals surface area (Å²) < 4.78 is 2.60. The lowest BCUT2D eigenvalue weighted by molar-refractivity contribution is -0.122. The lowest BCUT2D eigenvalue weighted by Crippen LogP contribution is -2.24. The minimum Gasteiger partial charge on any atom is -0.369 e. The van der Waals surface area contributed by atoms with Gasteiger partial charge in [0.2, 0.25) is 11.9 Å². The number of hydrogen-bond donors (Lipinski definition) is 3. The van der Waals surface area contributed by atoms with Crippen LogP contribution in [0.25, 0.3) is 0 Å². The topological polar surface area (TPSA) is 111 Å². The van der Waals surface area contributed by atoms with Gasteiger partial charge < -0.3 is 16.4 Å². The number of amides is 1. The number of hydrogen-bond acceptors (Lipinski definition) is 6. The molecule has 2 atom stereocenters. The number of halogens is 1. The average Bonchev–Trinajstić information content (AvgIpc) is 3.10. The Balaban J connectivity index is 1.80. The fourth-order valence-electron chi connectivity index (χ4n) is 2.60. The van der Waals surface area contributed by atoms with E-state index >= 15 is 0 Å². The van der Waals surface area contributed by atoms with Crippen LogP contribution in [0.5, 0.6) is 0 Å². The number of anilines is 3. The predicted octanol–water partition coefficient (Wildman–Crippen LogP) is 2.36. The maximum atomic E-state index is 11.5. The van der Waals surface area contributed by atoms with E-state index in [0.29, 0.717) is 12.4 Å². The van der Waals surface area contributed by atoms with Crippen LogP contribution in [0.15, 0.2) is 16.9 Å². The number of primary amides is 1. The van der Waals surface area contributed by atoms with E-state index in [4.69, 9.17) is 5.73 Å². The third kappa shape index (κ3) is 2.95. The molecule has 0 unspecified atom stereocenters.